The molecule has 2 aromatic rings. The lowest BCUT2D eigenvalue weighted by molar-refractivity contribution is -0.128. The van der Waals surface area contributed by atoms with E-state index in [1.165, 1.54) is 27.4 Å². The molecule has 30 heavy (non-hydrogen) atoms. The van der Waals surface area contributed by atoms with Crippen LogP contribution in [0, 0.1) is 5.41 Å². The third-order valence-corrected chi connectivity index (χ3v) is 4.08. The number of amides is 2. The van der Waals surface area contributed by atoms with Crippen molar-refractivity contribution in [1.29, 1.82) is 0 Å². The Balaban J connectivity index is 2.48. The average molecular weight is 413 g/mol. The molecule has 0 bridgehead atoms. The molecule has 0 spiro atoms. The first-order valence-corrected chi connectivity index (χ1v) is 9.25. The van der Waals surface area contributed by atoms with Gasteiger partial charge in [0.1, 0.15) is 11.5 Å². The first kappa shape index (κ1) is 22.7. The maximum atomic E-state index is 12.9. The molecule has 1 aromatic carbocycles. The van der Waals surface area contributed by atoms with Crippen LogP contribution < -0.4 is 24.8 Å². The Morgan fingerprint density at radius 1 is 1.00 bits per heavy atom. The fraction of sp³-hybridized carbons (Fsp3) is 0.318. The van der Waals surface area contributed by atoms with E-state index in [0.29, 0.717) is 28.6 Å². The molecule has 2 N–H and O–H groups in total. The summed E-state index contributed by atoms with van der Waals surface area (Å²) in [4.78, 5) is 29.5. The highest BCUT2D eigenvalue weighted by atomic mass is 16.5. The highest BCUT2D eigenvalue weighted by Crippen LogP contribution is 2.38. The van der Waals surface area contributed by atoms with E-state index in [2.05, 4.69) is 15.6 Å². The molecule has 0 radical (unpaired) electrons. The van der Waals surface area contributed by atoms with E-state index in [1.807, 2.05) is 0 Å². The fourth-order valence-corrected chi connectivity index (χ4v) is 2.44. The second-order valence-corrected chi connectivity index (χ2v) is 7.39. The maximum absolute atomic E-state index is 12.9. The first-order valence-electron chi connectivity index (χ1n) is 9.25. The van der Waals surface area contributed by atoms with E-state index < -0.39 is 11.3 Å². The van der Waals surface area contributed by atoms with E-state index in [1.54, 1.807) is 57.3 Å². The SMILES string of the molecule is COc1cc(/C=C(/NC(=O)C(C)(C)C)C(=O)Nc2ccccn2)cc(OC)c1OC. The van der Waals surface area contributed by atoms with Gasteiger partial charge in [0.15, 0.2) is 11.5 Å². The van der Waals surface area contributed by atoms with E-state index >= 15 is 0 Å². The van der Waals surface area contributed by atoms with Gasteiger partial charge in [-0.1, -0.05) is 26.8 Å². The Labute approximate surface area is 176 Å². The van der Waals surface area contributed by atoms with Crippen LogP contribution >= 0.6 is 0 Å². The lowest BCUT2D eigenvalue weighted by Gasteiger charge is -2.19. The Morgan fingerprint density at radius 2 is 1.63 bits per heavy atom. The Hall–Kier alpha value is -3.55. The smallest absolute Gasteiger partial charge is 0.273 e. The van der Waals surface area contributed by atoms with Gasteiger partial charge < -0.3 is 24.8 Å². The summed E-state index contributed by atoms with van der Waals surface area (Å²) in [6, 6.07) is 8.50. The van der Waals surface area contributed by atoms with Crippen molar-refractivity contribution in [3.8, 4) is 17.2 Å². The summed E-state index contributed by atoms with van der Waals surface area (Å²) in [7, 11) is 4.51. The highest BCUT2D eigenvalue weighted by Gasteiger charge is 2.24. The number of hydrogen-bond acceptors (Lipinski definition) is 6. The van der Waals surface area contributed by atoms with Gasteiger partial charge in [0.05, 0.1) is 21.3 Å². The summed E-state index contributed by atoms with van der Waals surface area (Å²) < 4.78 is 16.0. The minimum Gasteiger partial charge on any atom is -0.493 e. The van der Waals surface area contributed by atoms with Crippen LogP contribution in [-0.4, -0.2) is 38.1 Å². The molecule has 2 rings (SSSR count). The normalized spacial score (nSPS) is 11.5. The van der Waals surface area contributed by atoms with Crippen LogP contribution in [0.1, 0.15) is 26.3 Å². The summed E-state index contributed by atoms with van der Waals surface area (Å²) >= 11 is 0. The van der Waals surface area contributed by atoms with Crippen molar-refractivity contribution in [2.75, 3.05) is 26.6 Å². The van der Waals surface area contributed by atoms with Crippen molar-refractivity contribution < 1.29 is 23.8 Å². The average Bonchev–Trinajstić information content (AvgIpc) is 2.72. The van der Waals surface area contributed by atoms with Gasteiger partial charge in [-0.2, -0.15) is 0 Å². The van der Waals surface area contributed by atoms with Gasteiger partial charge in [0.2, 0.25) is 11.7 Å². The number of ether oxygens (including phenoxy) is 3. The zero-order valence-electron chi connectivity index (χ0n) is 18.0. The molecule has 0 fully saturated rings. The topological polar surface area (TPSA) is 98.8 Å². The summed E-state index contributed by atoms with van der Waals surface area (Å²) in [5.41, 5.74) is -0.0700. The molecule has 160 valence electrons. The Bertz CT molecular complexity index is 909. The molecule has 8 nitrogen and oxygen atoms in total. The maximum Gasteiger partial charge on any atom is 0.273 e. The van der Waals surface area contributed by atoms with Crippen LogP contribution in [0.5, 0.6) is 17.2 Å². The van der Waals surface area contributed by atoms with Gasteiger partial charge in [0, 0.05) is 11.6 Å². The van der Waals surface area contributed by atoms with Crippen LogP contribution in [0.2, 0.25) is 0 Å². The van der Waals surface area contributed by atoms with Gasteiger partial charge in [-0.15, -0.1) is 0 Å². The minimum atomic E-state index is -0.695. The molecule has 0 saturated carbocycles. The highest BCUT2D eigenvalue weighted by molar-refractivity contribution is 6.08. The molecule has 8 heteroatoms. The molecular formula is C22H27N3O5. The molecule has 0 aliphatic carbocycles. The van der Waals surface area contributed by atoms with Crippen LogP contribution in [0.25, 0.3) is 6.08 Å². The lowest BCUT2D eigenvalue weighted by atomic mass is 9.95. The third kappa shape index (κ3) is 5.73. The molecule has 0 atom stereocenters. The number of nitrogens with one attached hydrogen (secondary N) is 2. The number of carbonyl (C=O) groups is 2. The van der Waals surface area contributed by atoms with Crippen molar-refractivity contribution in [3.63, 3.8) is 0 Å². The predicted octanol–water partition coefficient (Wildman–Crippen LogP) is 3.25. The Kier molecular flexibility index (Phi) is 7.41. The van der Waals surface area contributed by atoms with Gasteiger partial charge in [0.25, 0.3) is 5.91 Å². The van der Waals surface area contributed by atoms with E-state index in [4.69, 9.17) is 14.2 Å². The first-order chi connectivity index (χ1) is 14.2. The quantitative estimate of drug-likeness (QED) is 0.676. The molecule has 1 heterocycles. The van der Waals surface area contributed by atoms with E-state index in [0.717, 1.165) is 0 Å². The molecule has 0 unspecified atom stereocenters. The minimum absolute atomic E-state index is 0.0508. The number of anilines is 1. The van der Waals surface area contributed by atoms with Crippen molar-refractivity contribution >= 4 is 23.7 Å². The van der Waals surface area contributed by atoms with Crippen molar-refractivity contribution in [1.82, 2.24) is 10.3 Å². The molecule has 0 saturated heterocycles. The number of methoxy groups -OCH3 is 3. The van der Waals surface area contributed by atoms with E-state index in [9.17, 15) is 9.59 Å². The number of nitrogens with zero attached hydrogens (tertiary/aromatic N) is 1. The molecule has 0 aliphatic rings. The monoisotopic (exact) mass is 413 g/mol. The number of rotatable bonds is 7. The van der Waals surface area contributed by atoms with E-state index in [-0.39, 0.29) is 11.6 Å². The predicted molar refractivity (Wildman–Crippen MR) is 115 cm³/mol. The number of pyridine rings is 1. The van der Waals surface area contributed by atoms with Gasteiger partial charge in [-0.3, -0.25) is 9.59 Å². The largest absolute Gasteiger partial charge is 0.493 e. The summed E-state index contributed by atoms with van der Waals surface area (Å²) in [6.45, 7) is 5.28. The van der Waals surface area contributed by atoms with Gasteiger partial charge >= 0.3 is 0 Å². The zero-order valence-corrected chi connectivity index (χ0v) is 18.0. The molecular weight excluding hydrogens is 386 g/mol. The van der Waals surface area contributed by atoms with Gasteiger partial charge in [-0.05, 0) is 35.9 Å². The van der Waals surface area contributed by atoms with Crippen LogP contribution in [0.15, 0.2) is 42.2 Å². The van der Waals surface area contributed by atoms with Crippen LogP contribution in [-0.2, 0) is 9.59 Å². The zero-order chi connectivity index (χ0) is 22.3. The number of hydrogen-bond donors (Lipinski definition) is 2. The molecule has 0 aliphatic heterocycles. The second-order valence-electron chi connectivity index (χ2n) is 7.39. The molecule has 2 amide bonds. The molecule has 1 aromatic heterocycles. The van der Waals surface area contributed by atoms with Gasteiger partial charge in [-0.25, -0.2) is 4.98 Å². The van der Waals surface area contributed by atoms with Crippen LogP contribution in [0.4, 0.5) is 5.82 Å². The Morgan fingerprint density at radius 3 is 2.10 bits per heavy atom. The van der Waals surface area contributed by atoms with Crippen molar-refractivity contribution in [2.24, 2.45) is 5.41 Å². The summed E-state index contributed by atoms with van der Waals surface area (Å²) in [6.07, 6.45) is 3.10. The number of benzene rings is 1. The van der Waals surface area contributed by atoms with Crippen LogP contribution in [0.3, 0.4) is 0 Å². The third-order valence-electron chi connectivity index (χ3n) is 4.08. The second kappa shape index (κ2) is 9.78. The van der Waals surface area contributed by atoms with Crippen molar-refractivity contribution in [2.45, 2.75) is 20.8 Å². The number of aromatic nitrogens is 1. The number of carbonyl (C=O) groups excluding carboxylic acids is 2. The fourth-order valence-electron chi connectivity index (χ4n) is 2.44. The standard InChI is InChI=1S/C22H27N3O5/c1-22(2,3)21(27)24-15(20(26)25-18-9-7-8-10-23-18)11-14-12-16(28-4)19(30-6)17(13-14)29-5/h7-13H,1-6H3,(H,24,27)(H,23,25,26)/b15-11+. The van der Waals surface area contributed by atoms with Crippen molar-refractivity contribution in [3.05, 3.63) is 47.8 Å². The summed E-state index contributed by atoms with van der Waals surface area (Å²) in [5.74, 6) is 0.820. The lowest BCUT2D eigenvalue weighted by Crippen LogP contribution is -2.38. The summed E-state index contributed by atoms with van der Waals surface area (Å²) in [5, 5.41) is 5.38.